The van der Waals surface area contributed by atoms with Gasteiger partial charge in [0.1, 0.15) is 11.5 Å². The van der Waals surface area contributed by atoms with Crippen LogP contribution in [0.25, 0.3) is 22.3 Å². The first-order valence-electron chi connectivity index (χ1n) is 12.5. The molecule has 8 nitrogen and oxygen atoms in total. The molecule has 8 heteroatoms. The van der Waals surface area contributed by atoms with E-state index >= 15 is 0 Å². The topological polar surface area (TPSA) is 84.2 Å². The zero-order valence-electron chi connectivity index (χ0n) is 22.9. The molecule has 38 heavy (non-hydrogen) atoms. The van der Waals surface area contributed by atoms with Crippen LogP contribution in [-0.4, -0.2) is 43.8 Å². The van der Waals surface area contributed by atoms with Crippen molar-refractivity contribution in [2.24, 2.45) is 5.10 Å². The van der Waals surface area contributed by atoms with Crippen molar-refractivity contribution < 1.29 is 18.9 Å². The molecule has 0 fully saturated rings. The van der Waals surface area contributed by atoms with Crippen molar-refractivity contribution in [3.8, 4) is 34.4 Å². The fourth-order valence-corrected chi connectivity index (χ4v) is 4.35. The highest BCUT2D eigenvalue weighted by Crippen LogP contribution is 2.35. The molecular formula is C30H33N3O5. The third kappa shape index (κ3) is 5.07. The van der Waals surface area contributed by atoms with Gasteiger partial charge >= 0.3 is 0 Å². The van der Waals surface area contributed by atoms with Crippen LogP contribution in [0.4, 0.5) is 0 Å². The molecule has 0 spiro atoms. The number of hydrogen-bond donors (Lipinski definition) is 0. The van der Waals surface area contributed by atoms with Crippen molar-refractivity contribution in [3.05, 3.63) is 75.6 Å². The Labute approximate surface area is 222 Å². The lowest BCUT2D eigenvalue weighted by molar-refractivity contribution is 0.335. The summed E-state index contributed by atoms with van der Waals surface area (Å²) in [5.41, 5.74) is 3.70. The third-order valence-electron chi connectivity index (χ3n) is 6.32. The Kier molecular flexibility index (Phi) is 8.00. The van der Waals surface area contributed by atoms with Crippen molar-refractivity contribution in [3.63, 3.8) is 0 Å². The molecule has 0 N–H and O–H groups in total. The zero-order valence-corrected chi connectivity index (χ0v) is 22.9. The molecule has 0 saturated heterocycles. The summed E-state index contributed by atoms with van der Waals surface area (Å²) < 4.78 is 23.6. The minimum Gasteiger partial charge on any atom is -0.496 e. The molecule has 4 aromatic rings. The highest BCUT2D eigenvalue weighted by Gasteiger charge is 2.19. The Morgan fingerprint density at radius 1 is 0.947 bits per heavy atom. The minimum absolute atomic E-state index is 0.205. The normalized spacial score (nSPS) is 11.4. The number of nitrogens with zero attached hydrogens (tertiary/aromatic N) is 3. The van der Waals surface area contributed by atoms with E-state index in [0.29, 0.717) is 46.1 Å². The van der Waals surface area contributed by atoms with Crippen molar-refractivity contribution in [1.82, 2.24) is 9.66 Å². The molecule has 0 atom stereocenters. The van der Waals surface area contributed by atoms with Crippen LogP contribution in [0.2, 0.25) is 0 Å². The van der Waals surface area contributed by atoms with Crippen LogP contribution < -0.4 is 24.5 Å². The SMILES string of the molecule is CCOc1cc(C)c(-c2nc3ccccc3c(=O)n2N=Cc2cc(OC)c(OC)cc2OC)cc1C(C)C. The average molecular weight is 516 g/mol. The van der Waals surface area contributed by atoms with E-state index in [4.69, 9.17) is 23.9 Å². The summed E-state index contributed by atoms with van der Waals surface area (Å²) in [4.78, 5) is 18.6. The van der Waals surface area contributed by atoms with E-state index in [1.54, 1.807) is 45.7 Å². The molecule has 0 radical (unpaired) electrons. The van der Waals surface area contributed by atoms with Crippen LogP contribution in [0.5, 0.6) is 23.0 Å². The third-order valence-corrected chi connectivity index (χ3v) is 6.32. The quantitative estimate of drug-likeness (QED) is 0.262. The van der Waals surface area contributed by atoms with E-state index in [9.17, 15) is 4.79 Å². The van der Waals surface area contributed by atoms with Gasteiger partial charge < -0.3 is 18.9 Å². The maximum atomic E-state index is 13.7. The number of aryl methyl sites for hydroxylation is 1. The number of rotatable bonds is 9. The van der Waals surface area contributed by atoms with Gasteiger partial charge in [-0.15, -0.1) is 0 Å². The van der Waals surface area contributed by atoms with Gasteiger partial charge in [0.15, 0.2) is 17.3 Å². The van der Waals surface area contributed by atoms with Gasteiger partial charge in [-0.3, -0.25) is 4.79 Å². The highest BCUT2D eigenvalue weighted by molar-refractivity contribution is 5.86. The summed E-state index contributed by atoms with van der Waals surface area (Å²) in [5, 5.41) is 5.10. The monoisotopic (exact) mass is 515 g/mol. The summed E-state index contributed by atoms with van der Waals surface area (Å²) >= 11 is 0. The molecule has 0 saturated carbocycles. The molecule has 0 aliphatic heterocycles. The van der Waals surface area contributed by atoms with Crippen LogP contribution in [0, 0.1) is 6.92 Å². The lowest BCUT2D eigenvalue weighted by atomic mass is 9.96. The van der Waals surface area contributed by atoms with Crippen molar-refractivity contribution >= 4 is 17.1 Å². The predicted molar refractivity (Wildman–Crippen MR) is 151 cm³/mol. The minimum atomic E-state index is -0.277. The molecule has 0 aliphatic rings. The fourth-order valence-electron chi connectivity index (χ4n) is 4.35. The molecule has 3 aromatic carbocycles. The number of aromatic nitrogens is 2. The Bertz CT molecular complexity index is 1560. The van der Waals surface area contributed by atoms with Crippen molar-refractivity contribution in [2.45, 2.75) is 33.6 Å². The molecule has 1 heterocycles. The van der Waals surface area contributed by atoms with E-state index in [-0.39, 0.29) is 11.5 Å². The Hall–Kier alpha value is -4.33. The first kappa shape index (κ1) is 26.7. The number of para-hydroxylation sites is 1. The number of methoxy groups -OCH3 is 3. The predicted octanol–water partition coefficient (Wildman–Crippen LogP) is 5.80. The van der Waals surface area contributed by atoms with Gasteiger partial charge in [0.2, 0.25) is 0 Å². The van der Waals surface area contributed by atoms with Gasteiger partial charge in [0.05, 0.1) is 45.1 Å². The van der Waals surface area contributed by atoms with Crippen molar-refractivity contribution in [2.75, 3.05) is 27.9 Å². The summed E-state index contributed by atoms with van der Waals surface area (Å²) in [7, 11) is 4.68. The van der Waals surface area contributed by atoms with Crippen molar-refractivity contribution in [1.29, 1.82) is 0 Å². The highest BCUT2D eigenvalue weighted by atomic mass is 16.5. The second-order valence-corrected chi connectivity index (χ2v) is 9.06. The van der Waals surface area contributed by atoms with Crippen LogP contribution in [-0.2, 0) is 0 Å². The molecular weight excluding hydrogens is 482 g/mol. The standard InChI is InChI=1S/C30H33N3O5/c1-8-38-26-13-19(4)23(15-22(26)18(2)3)29-32-24-12-10-9-11-21(24)30(34)33(29)31-17-20-14-27(36-6)28(37-7)16-25(20)35-5/h9-18H,8H2,1-7H3. The van der Waals surface area contributed by atoms with Gasteiger partial charge in [-0.2, -0.15) is 9.78 Å². The first-order chi connectivity index (χ1) is 18.3. The fraction of sp³-hybridized carbons (Fsp3) is 0.300. The Morgan fingerprint density at radius 2 is 1.63 bits per heavy atom. The maximum Gasteiger partial charge on any atom is 0.282 e. The second kappa shape index (κ2) is 11.4. The number of hydrogen-bond acceptors (Lipinski definition) is 7. The van der Waals surface area contributed by atoms with Crippen LogP contribution in [0.1, 0.15) is 43.4 Å². The largest absolute Gasteiger partial charge is 0.496 e. The summed E-state index contributed by atoms with van der Waals surface area (Å²) in [6.45, 7) is 8.73. The summed E-state index contributed by atoms with van der Waals surface area (Å²) in [6.07, 6.45) is 1.56. The van der Waals surface area contributed by atoms with E-state index in [1.807, 2.05) is 44.2 Å². The van der Waals surface area contributed by atoms with E-state index in [2.05, 4.69) is 18.9 Å². The lowest BCUT2D eigenvalue weighted by Gasteiger charge is -2.18. The Balaban J connectivity index is 1.98. The summed E-state index contributed by atoms with van der Waals surface area (Å²) in [6, 6.07) is 14.8. The molecule has 0 amide bonds. The molecule has 1 aromatic heterocycles. The van der Waals surface area contributed by atoms with Gasteiger partial charge in [-0.25, -0.2) is 4.98 Å². The molecule has 4 rings (SSSR count). The second-order valence-electron chi connectivity index (χ2n) is 9.06. The number of benzene rings is 3. The molecule has 0 unspecified atom stereocenters. The van der Waals surface area contributed by atoms with Crippen LogP contribution in [0.15, 0.2) is 58.4 Å². The number of ether oxygens (including phenoxy) is 4. The summed E-state index contributed by atoms with van der Waals surface area (Å²) in [5.74, 6) is 3.04. The van der Waals surface area contributed by atoms with Crippen LogP contribution >= 0.6 is 0 Å². The van der Waals surface area contributed by atoms with E-state index < -0.39 is 0 Å². The first-order valence-corrected chi connectivity index (χ1v) is 12.5. The molecule has 198 valence electrons. The Morgan fingerprint density at radius 3 is 2.29 bits per heavy atom. The maximum absolute atomic E-state index is 13.7. The van der Waals surface area contributed by atoms with Gasteiger partial charge in [0, 0.05) is 17.2 Å². The molecule has 0 aliphatic carbocycles. The molecule has 0 bridgehead atoms. The van der Waals surface area contributed by atoms with Gasteiger partial charge in [-0.1, -0.05) is 26.0 Å². The van der Waals surface area contributed by atoms with Crippen LogP contribution in [0.3, 0.4) is 0 Å². The average Bonchev–Trinajstić information content (AvgIpc) is 2.92. The lowest BCUT2D eigenvalue weighted by Crippen LogP contribution is -2.21. The van der Waals surface area contributed by atoms with Gasteiger partial charge in [0.25, 0.3) is 5.56 Å². The smallest absolute Gasteiger partial charge is 0.282 e. The number of fused-ring (bicyclic) bond motifs is 1. The van der Waals surface area contributed by atoms with Gasteiger partial charge in [-0.05, 0) is 61.2 Å². The van der Waals surface area contributed by atoms with E-state index in [0.717, 1.165) is 22.4 Å². The zero-order chi connectivity index (χ0) is 27.4. The van der Waals surface area contributed by atoms with E-state index in [1.165, 1.54) is 4.68 Å².